The second-order valence-electron chi connectivity index (χ2n) is 5.28. The molecule has 22 heavy (non-hydrogen) atoms. The molecule has 2 heterocycles. The molecule has 3 rings (SSSR count). The van der Waals surface area contributed by atoms with E-state index in [1.165, 1.54) is 6.42 Å². The van der Waals surface area contributed by atoms with Crippen molar-refractivity contribution in [1.82, 2.24) is 10.4 Å². The molecule has 0 saturated carbocycles. The van der Waals surface area contributed by atoms with Crippen LogP contribution in [0, 0.1) is 0 Å². The van der Waals surface area contributed by atoms with Gasteiger partial charge in [0, 0.05) is 23.7 Å². The fraction of sp³-hybridized carbons (Fsp3) is 0.312. The minimum atomic E-state index is -0.238. The average Bonchev–Trinajstić information content (AvgIpc) is 2.98. The predicted octanol–water partition coefficient (Wildman–Crippen LogP) is 4.38. The molecule has 1 amide bonds. The Morgan fingerprint density at radius 1 is 1.09 bits per heavy atom. The molecule has 1 aromatic carbocycles. The van der Waals surface area contributed by atoms with E-state index < -0.39 is 0 Å². The lowest BCUT2D eigenvalue weighted by Gasteiger charge is -2.26. The normalized spacial score (nSPS) is 15.7. The molecule has 1 fully saturated rings. The zero-order valence-electron chi connectivity index (χ0n) is 11.9. The van der Waals surface area contributed by atoms with Crippen LogP contribution in [0.5, 0.6) is 0 Å². The number of hydrogen-bond donors (Lipinski definition) is 1. The first-order chi connectivity index (χ1) is 10.6. The largest absolute Gasteiger partial charge is 0.451 e. The Bertz CT molecular complexity index is 679. The van der Waals surface area contributed by atoms with Crippen molar-refractivity contribution in [2.24, 2.45) is 0 Å². The number of benzene rings is 1. The van der Waals surface area contributed by atoms with Gasteiger partial charge >= 0.3 is 5.91 Å². The summed E-state index contributed by atoms with van der Waals surface area (Å²) in [6, 6.07) is 8.54. The van der Waals surface area contributed by atoms with Crippen LogP contribution in [0.15, 0.2) is 34.7 Å². The van der Waals surface area contributed by atoms with E-state index in [-0.39, 0.29) is 11.7 Å². The third-order valence-electron chi connectivity index (χ3n) is 3.64. The summed E-state index contributed by atoms with van der Waals surface area (Å²) in [4.78, 5) is 12.2. The van der Waals surface area contributed by atoms with E-state index in [0.29, 0.717) is 21.4 Å². The van der Waals surface area contributed by atoms with Crippen LogP contribution in [-0.2, 0) is 0 Å². The van der Waals surface area contributed by atoms with E-state index in [0.717, 1.165) is 25.9 Å². The highest BCUT2D eigenvalue weighted by Crippen LogP contribution is 2.31. The molecule has 1 saturated heterocycles. The van der Waals surface area contributed by atoms with Gasteiger partial charge < -0.3 is 4.42 Å². The molecule has 116 valence electrons. The number of nitrogens with zero attached hydrogens (tertiary/aromatic N) is 1. The number of piperidine rings is 1. The van der Waals surface area contributed by atoms with Crippen LogP contribution < -0.4 is 5.43 Å². The van der Waals surface area contributed by atoms with Gasteiger partial charge in [-0.2, -0.15) is 0 Å². The van der Waals surface area contributed by atoms with E-state index >= 15 is 0 Å². The van der Waals surface area contributed by atoms with Crippen LogP contribution in [0.3, 0.4) is 0 Å². The summed E-state index contributed by atoms with van der Waals surface area (Å²) in [5.41, 5.74) is 3.58. The predicted molar refractivity (Wildman–Crippen MR) is 87.1 cm³/mol. The first-order valence-electron chi connectivity index (χ1n) is 7.25. The highest BCUT2D eigenvalue weighted by molar-refractivity contribution is 6.36. The molecule has 0 bridgehead atoms. The minimum Gasteiger partial charge on any atom is -0.451 e. The van der Waals surface area contributed by atoms with Crippen LogP contribution in [0.4, 0.5) is 0 Å². The molecule has 1 N–H and O–H groups in total. The second-order valence-corrected chi connectivity index (χ2v) is 6.12. The quantitative estimate of drug-likeness (QED) is 0.902. The summed E-state index contributed by atoms with van der Waals surface area (Å²) in [6.07, 6.45) is 3.42. The zero-order chi connectivity index (χ0) is 15.5. The van der Waals surface area contributed by atoms with Crippen molar-refractivity contribution in [3.63, 3.8) is 0 Å². The van der Waals surface area contributed by atoms with E-state index in [1.54, 1.807) is 30.3 Å². The molecular formula is C16H16Cl2N2O2. The summed E-state index contributed by atoms with van der Waals surface area (Å²) in [5, 5.41) is 2.98. The summed E-state index contributed by atoms with van der Waals surface area (Å²) in [6.45, 7) is 1.75. The zero-order valence-corrected chi connectivity index (χ0v) is 13.5. The van der Waals surface area contributed by atoms with Crippen molar-refractivity contribution in [2.75, 3.05) is 13.1 Å². The molecule has 0 atom stereocenters. The Kier molecular flexibility index (Phi) is 4.71. The maximum atomic E-state index is 12.2. The molecule has 4 nitrogen and oxygen atoms in total. The first kappa shape index (κ1) is 15.4. The van der Waals surface area contributed by atoms with E-state index in [2.05, 4.69) is 5.43 Å². The Labute approximate surface area is 139 Å². The number of hydrazine groups is 1. The Balaban J connectivity index is 1.73. The highest BCUT2D eigenvalue weighted by atomic mass is 35.5. The van der Waals surface area contributed by atoms with Crippen molar-refractivity contribution in [1.29, 1.82) is 0 Å². The summed E-state index contributed by atoms with van der Waals surface area (Å²) < 4.78 is 5.63. The van der Waals surface area contributed by atoms with Crippen LogP contribution in [-0.4, -0.2) is 24.0 Å². The van der Waals surface area contributed by atoms with Crippen LogP contribution in [0.1, 0.15) is 29.8 Å². The van der Waals surface area contributed by atoms with Gasteiger partial charge in [-0.15, -0.1) is 0 Å². The fourth-order valence-corrected chi connectivity index (χ4v) is 3.00. The molecule has 2 aromatic rings. The van der Waals surface area contributed by atoms with Gasteiger partial charge in [-0.05, 0) is 43.2 Å². The summed E-state index contributed by atoms with van der Waals surface area (Å²) in [7, 11) is 0. The maximum absolute atomic E-state index is 12.2. The molecule has 0 unspecified atom stereocenters. The van der Waals surface area contributed by atoms with Crippen LogP contribution in [0.25, 0.3) is 11.3 Å². The number of nitrogens with one attached hydrogen (secondary N) is 1. The van der Waals surface area contributed by atoms with E-state index in [4.69, 9.17) is 27.6 Å². The van der Waals surface area contributed by atoms with Crippen molar-refractivity contribution in [3.05, 3.63) is 46.1 Å². The molecule has 0 spiro atoms. The maximum Gasteiger partial charge on any atom is 0.301 e. The first-order valence-corrected chi connectivity index (χ1v) is 8.00. The molecule has 0 radical (unpaired) electrons. The standard InChI is InChI=1S/C16H16Cl2N2O2/c17-11-4-5-12(13(18)10-11)14-6-7-15(22-14)16(21)19-20-8-2-1-3-9-20/h4-7,10H,1-3,8-9H2,(H,19,21). The molecule has 0 aliphatic carbocycles. The number of furan rings is 1. The van der Waals surface area contributed by atoms with Gasteiger partial charge in [-0.1, -0.05) is 29.6 Å². The third-order valence-corrected chi connectivity index (χ3v) is 4.19. The number of carbonyl (C=O) groups excluding carboxylic acids is 1. The summed E-state index contributed by atoms with van der Waals surface area (Å²) in [5.74, 6) is 0.579. The molecular weight excluding hydrogens is 323 g/mol. The number of halogens is 2. The van der Waals surface area contributed by atoms with Crippen molar-refractivity contribution >= 4 is 29.1 Å². The smallest absolute Gasteiger partial charge is 0.301 e. The Hall–Kier alpha value is -1.49. The lowest BCUT2D eigenvalue weighted by Crippen LogP contribution is -2.44. The molecule has 1 aromatic heterocycles. The Morgan fingerprint density at radius 3 is 2.59 bits per heavy atom. The average molecular weight is 339 g/mol. The van der Waals surface area contributed by atoms with Gasteiger partial charge in [0.25, 0.3) is 0 Å². The third kappa shape index (κ3) is 3.46. The lowest BCUT2D eigenvalue weighted by atomic mass is 10.2. The number of hydrogen-bond acceptors (Lipinski definition) is 3. The highest BCUT2D eigenvalue weighted by Gasteiger charge is 2.18. The van der Waals surface area contributed by atoms with Gasteiger partial charge in [-0.25, -0.2) is 5.01 Å². The van der Waals surface area contributed by atoms with Crippen molar-refractivity contribution in [3.8, 4) is 11.3 Å². The molecule has 6 heteroatoms. The number of carbonyl (C=O) groups is 1. The second kappa shape index (κ2) is 6.73. The SMILES string of the molecule is O=C(NN1CCCCC1)c1ccc(-c2ccc(Cl)cc2Cl)o1. The van der Waals surface area contributed by atoms with Gasteiger partial charge in [0.1, 0.15) is 5.76 Å². The Morgan fingerprint density at radius 2 is 1.86 bits per heavy atom. The number of rotatable bonds is 3. The van der Waals surface area contributed by atoms with Gasteiger partial charge in [0.2, 0.25) is 0 Å². The van der Waals surface area contributed by atoms with E-state index in [9.17, 15) is 4.79 Å². The molecule has 1 aliphatic heterocycles. The number of amides is 1. The van der Waals surface area contributed by atoms with Gasteiger partial charge in [0.05, 0.1) is 5.02 Å². The minimum absolute atomic E-state index is 0.238. The topological polar surface area (TPSA) is 45.5 Å². The van der Waals surface area contributed by atoms with Gasteiger partial charge in [0.15, 0.2) is 5.76 Å². The van der Waals surface area contributed by atoms with Gasteiger partial charge in [-0.3, -0.25) is 10.2 Å². The van der Waals surface area contributed by atoms with Crippen LogP contribution >= 0.6 is 23.2 Å². The van der Waals surface area contributed by atoms with Crippen molar-refractivity contribution in [2.45, 2.75) is 19.3 Å². The lowest BCUT2D eigenvalue weighted by molar-refractivity contribution is 0.0722. The molecule has 1 aliphatic rings. The summed E-state index contributed by atoms with van der Waals surface area (Å²) >= 11 is 12.0. The monoisotopic (exact) mass is 338 g/mol. The van der Waals surface area contributed by atoms with Crippen molar-refractivity contribution < 1.29 is 9.21 Å². The van der Waals surface area contributed by atoms with E-state index in [1.807, 2.05) is 5.01 Å². The fourth-order valence-electron chi connectivity index (χ4n) is 2.50. The van der Waals surface area contributed by atoms with Crippen LogP contribution in [0.2, 0.25) is 10.0 Å².